The van der Waals surface area contributed by atoms with Gasteiger partial charge >= 0.3 is 0 Å². The average molecular weight is 444 g/mol. The van der Waals surface area contributed by atoms with Crippen LogP contribution in [0.2, 0.25) is 0 Å². The summed E-state index contributed by atoms with van der Waals surface area (Å²) in [6, 6.07) is 6.68. The zero-order valence-electron chi connectivity index (χ0n) is 16.5. The molecule has 1 aromatic carbocycles. The van der Waals surface area contributed by atoms with Crippen molar-refractivity contribution >= 4 is 6.08 Å². The fourth-order valence-corrected chi connectivity index (χ4v) is 3.47. The van der Waals surface area contributed by atoms with Crippen molar-refractivity contribution in [1.82, 2.24) is 0 Å². The molecule has 2 aliphatic rings. The van der Waals surface area contributed by atoms with Crippen LogP contribution < -0.4 is 4.74 Å². The molecule has 0 saturated carbocycles. The molecule has 10 atom stereocenters. The molecule has 2 aliphatic heterocycles. The molecule has 31 heavy (non-hydrogen) atoms. The van der Waals surface area contributed by atoms with E-state index in [1.54, 1.807) is 30.3 Å². The van der Waals surface area contributed by atoms with Crippen LogP contribution in [0.5, 0.6) is 5.75 Å². The molecule has 7 N–H and O–H groups in total. The first-order chi connectivity index (χ1) is 14.8. The van der Waals surface area contributed by atoms with Gasteiger partial charge in [-0.2, -0.15) is 0 Å². The third-order valence-electron chi connectivity index (χ3n) is 5.33. The Morgan fingerprint density at radius 2 is 1.35 bits per heavy atom. The zero-order chi connectivity index (χ0) is 22.7. The second kappa shape index (κ2) is 10.3. The quantitative estimate of drug-likeness (QED) is 0.233. The van der Waals surface area contributed by atoms with Crippen LogP contribution in [0.25, 0.3) is 6.08 Å². The molecular formula is C20H28O11. The first-order valence-electron chi connectivity index (χ1n) is 9.78. The number of hydrogen-bond acceptors (Lipinski definition) is 11. The van der Waals surface area contributed by atoms with Gasteiger partial charge in [-0.3, -0.25) is 0 Å². The Balaban J connectivity index is 1.70. The van der Waals surface area contributed by atoms with Crippen LogP contribution >= 0.6 is 0 Å². The molecule has 0 aliphatic carbocycles. The molecule has 174 valence electrons. The van der Waals surface area contributed by atoms with E-state index in [9.17, 15) is 35.7 Å². The summed E-state index contributed by atoms with van der Waals surface area (Å²) in [6.07, 6.45) is -13.3. The van der Waals surface area contributed by atoms with E-state index in [1.165, 1.54) is 0 Å². The lowest BCUT2D eigenvalue weighted by Gasteiger charge is -2.45. The minimum atomic E-state index is -1.72. The molecule has 0 amide bonds. The van der Waals surface area contributed by atoms with Gasteiger partial charge in [0.1, 0.15) is 54.6 Å². The Kier molecular flexibility index (Phi) is 7.99. The second-order valence-corrected chi connectivity index (χ2v) is 7.40. The summed E-state index contributed by atoms with van der Waals surface area (Å²) in [7, 11) is 0. The van der Waals surface area contributed by atoms with Crippen LogP contribution in [0.3, 0.4) is 0 Å². The number of benzene rings is 1. The Labute approximate surface area is 178 Å². The molecule has 3 rings (SSSR count). The maximum Gasteiger partial charge on any atom is 0.229 e. The summed E-state index contributed by atoms with van der Waals surface area (Å²) in [4.78, 5) is 0. The summed E-state index contributed by atoms with van der Waals surface area (Å²) < 4.78 is 21.9. The summed E-state index contributed by atoms with van der Waals surface area (Å²) in [5.74, 6) is 0.340. The van der Waals surface area contributed by atoms with Crippen molar-refractivity contribution in [2.75, 3.05) is 13.2 Å². The van der Waals surface area contributed by atoms with Gasteiger partial charge in [-0.25, -0.2) is 0 Å². The largest absolute Gasteiger partial charge is 0.462 e. The van der Waals surface area contributed by atoms with Crippen LogP contribution in [0, 0.1) is 0 Å². The van der Waals surface area contributed by atoms with Crippen LogP contribution in [0.4, 0.5) is 0 Å². The summed E-state index contributed by atoms with van der Waals surface area (Å²) in [5, 5.41) is 69.9. The van der Waals surface area contributed by atoms with E-state index in [-0.39, 0.29) is 0 Å². The third kappa shape index (κ3) is 5.07. The molecule has 2 saturated heterocycles. The van der Waals surface area contributed by atoms with E-state index < -0.39 is 74.6 Å². The van der Waals surface area contributed by atoms with E-state index in [0.717, 1.165) is 5.56 Å². The van der Waals surface area contributed by atoms with Gasteiger partial charge in [0.25, 0.3) is 0 Å². The van der Waals surface area contributed by atoms with Gasteiger partial charge in [0, 0.05) is 0 Å². The molecule has 10 unspecified atom stereocenters. The zero-order valence-corrected chi connectivity index (χ0v) is 16.5. The molecule has 2 fully saturated rings. The Bertz CT molecular complexity index is 710. The molecule has 0 radical (unpaired) electrons. The Morgan fingerprint density at radius 3 is 1.94 bits per heavy atom. The number of hydrogen-bond donors (Lipinski definition) is 7. The van der Waals surface area contributed by atoms with Gasteiger partial charge < -0.3 is 54.7 Å². The summed E-state index contributed by atoms with van der Waals surface area (Å²) in [6.45, 7) is 2.34. The molecule has 1 aromatic rings. The van der Waals surface area contributed by atoms with Crippen LogP contribution in [0.15, 0.2) is 30.8 Å². The molecular weight excluding hydrogens is 416 g/mol. The number of aliphatic hydroxyl groups excluding tert-OH is 7. The van der Waals surface area contributed by atoms with Crippen molar-refractivity contribution in [2.24, 2.45) is 0 Å². The van der Waals surface area contributed by atoms with Crippen LogP contribution in [-0.4, -0.2) is 110 Å². The monoisotopic (exact) mass is 444 g/mol. The first kappa shape index (κ1) is 24.0. The number of rotatable bonds is 7. The number of ether oxygens (including phenoxy) is 4. The highest BCUT2D eigenvalue weighted by Gasteiger charge is 2.51. The number of aliphatic hydroxyl groups is 7. The van der Waals surface area contributed by atoms with E-state index in [2.05, 4.69) is 6.58 Å². The van der Waals surface area contributed by atoms with E-state index in [1.807, 2.05) is 0 Å². The highest BCUT2D eigenvalue weighted by atomic mass is 16.7. The first-order valence-corrected chi connectivity index (χ1v) is 9.78. The van der Waals surface area contributed by atoms with Crippen molar-refractivity contribution in [1.29, 1.82) is 0 Å². The summed E-state index contributed by atoms with van der Waals surface area (Å²) in [5.41, 5.74) is 0.846. The van der Waals surface area contributed by atoms with Gasteiger partial charge in [0.05, 0.1) is 13.2 Å². The predicted molar refractivity (Wildman–Crippen MR) is 104 cm³/mol. The van der Waals surface area contributed by atoms with Crippen molar-refractivity contribution in [3.05, 3.63) is 36.4 Å². The maximum absolute atomic E-state index is 10.6. The normalized spacial score (nSPS) is 41.0. The summed E-state index contributed by atoms with van der Waals surface area (Å²) >= 11 is 0. The van der Waals surface area contributed by atoms with E-state index in [4.69, 9.17) is 18.9 Å². The molecule has 0 bridgehead atoms. The SMILES string of the molecule is C=Cc1ccc(OC2OC(CO)C(OC3OC(CO)C(O)C(O)C3O)C(O)C2O)cc1. The lowest BCUT2D eigenvalue weighted by atomic mass is 9.97. The van der Waals surface area contributed by atoms with Gasteiger partial charge in [-0.15, -0.1) is 0 Å². The molecule has 0 aromatic heterocycles. The van der Waals surface area contributed by atoms with E-state index in [0.29, 0.717) is 5.75 Å². The van der Waals surface area contributed by atoms with Gasteiger partial charge in [-0.1, -0.05) is 24.8 Å². The highest BCUT2D eigenvalue weighted by molar-refractivity contribution is 5.48. The van der Waals surface area contributed by atoms with Crippen LogP contribution in [0.1, 0.15) is 5.56 Å². The molecule has 11 heteroatoms. The average Bonchev–Trinajstić information content (AvgIpc) is 2.79. The van der Waals surface area contributed by atoms with Crippen molar-refractivity contribution in [3.8, 4) is 5.75 Å². The second-order valence-electron chi connectivity index (χ2n) is 7.40. The topological polar surface area (TPSA) is 179 Å². The molecule has 2 heterocycles. The van der Waals surface area contributed by atoms with Gasteiger partial charge in [0.15, 0.2) is 6.29 Å². The van der Waals surface area contributed by atoms with Gasteiger partial charge in [-0.05, 0) is 17.7 Å². The van der Waals surface area contributed by atoms with Crippen molar-refractivity contribution < 1.29 is 54.7 Å². The van der Waals surface area contributed by atoms with Gasteiger partial charge in [0.2, 0.25) is 6.29 Å². The molecule has 11 nitrogen and oxygen atoms in total. The minimum Gasteiger partial charge on any atom is -0.462 e. The Morgan fingerprint density at radius 1 is 0.774 bits per heavy atom. The smallest absolute Gasteiger partial charge is 0.229 e. The fraction of sp³-hybridized carbons (Fsp3) is 0.600. The van der Waals surface area contributed by atoms with E-state index >= 15 is 0 Å². The maximum atomic E-state index is 10.6. The predicted octanol–water partition coefficient (Wildman–Crippen LogP) is -2.67. The minimum absolute atomic E-state index is 0.340. The van der Waals surface area contributed by atoms with Crippen molar-refractivity contribution in [3.63, 3.8) is 0 Å². The van der Waals surface area contributed by atoms with Crippen LogP contribution in [-0.2, 0) is 14.2 Å². The fourth-order valence-electron chi connectivity index (χ4n) is 3.47. The Hall–Kier alpha value is -1.64. The molecule has 0 spiro atoms. The lowest BCUT2D eigenvalue weighted by molar-refractivity contribution is -0.352. The standard InChI is InChI=1S/C20H28O11/c1-2-9-3-5-10(6-4-9)28-19-17(27)15(25)18(12(8-22)30-19)31-20-16(26)14(24)13(23)11(7-21)29-20/h2-6,11-27H,1,7-8H2. The highest BCUT2D eigenvalue weighted by Crippen LogP contribution is 2.30. The van der Waals surface area contributed by atoms with Crippen molar-refractivity contribution in [2.45, 2.75) is 61.4 Å². The lowest BCUT2D eigenvalue weighted by Crippen LogP contribution is -2.65. The third-order valence-corrected chi connectivity index (χ3v) is 5.33.